The fraction of sp³-hybridized carbons (Fsp3) is 0.588. The summed E-state index contributed by atoms with van der Waals surface area (Å²) in [5, 5.41) is 8.39. The molecule has 2 aliphatic rings. The standard InChI is InChI=1S/C17H23N5O2/c1-11-6-7-14(24-11)12-9-21(10-13(12)18)17(23)16-20-19-15-5-3-2-4-8-22(15)16/h6-7,12-13H,2-5,8-10,18H2,1H3/t12-,13-/m1/s1. The maximum Gasteiger partial charge on any atom is 0.291 e. The van der Waals surface area contributed by atoms with Gasteiger partial charge in [-0.3, -0.25) is 4.79 Å². The second kappa shape index (κ2) is 6.05. The Labute approximate surface area is 140 Å². The average Bonchev–Trinajstić information content (AvgIpc) is 3.22. The van der Waals surface area contributed by atoms with E-state index in [0.717, 1.165) is 43.2 Å². The maximum absolute atomic E-state index is 12.9. The van der Waals surface area contributed by atoms with Crippen LogP contribution >= 0.6 is 0 Å². The molecule has 24 heavy (non-hydrogen) atoms. The number of likely N-dealkylation sites (tertiary alicyclic amines) is 1. The number of aromatic nitrogens is 3. The Balaban J connectivity index is 1.54. The van der Waals surface area contributed by atoms with Crippen molar-refractivity contribution < 1.29 is 9.21 Å². The number of carbonyl (C=O) groups excluding carboxylic acids is 1. The van der Waals surface area contributed by atoms with Crippen LogP contribution in [0.1, 0.15) is 53.1 Å². The van der Waals surface area contributed by atoms with E-state index < -0.39 is 0 Å². The van der Waals surface area contributed by atoms with Gasteiger partial charge in [0.05, 0.1) is 5.92 Å². The van der Waals surface area contributed by atoms with Crippen LogP contribution < -0.4 is 5.73 Å². The van der Waals surface area contributed by atoms with E-state index in [1.807, 2.05) is 23.6 Å². The molecule has 2 aromatic rings. The van der Waals surface area contributed by atoms with Gasteiger partial charge in [-0.2, -0.15) is 0 Å². The fourth-order valence-corrected chi connectivity index (χ4v) is 3.73. The number of fused-ring (bicyclic) bond motifs is 1. The van der Waals surface area contributed by atoms with E-state index in [1.165, 1.54) is 6.42 Å². The first-order chi connectivity index (χ1) is 11.6. The first-order valence-electron chi connectivity index (χ1n) is 8.67. The predicted molar refractivity (Wildman–Crippen MR) is 87.6 cm³/mol. The van der Waals surface area contributed by atoms with Crippen molar-refractivity contribution in [3.63, 3.8) is 0 Å². The van der Waals surface area contributed by atoms with Gasteiger partial charge in [-0.15, -0.1) is 10.2 Å². The van der Waals surface area contributed by atoms with Gasteiger partial charge in [-0.1, -0.05) is 6.42 Å². The molecule has 4 rings (SSSR count). The van der Waals surface area contributed by atoms with Crippen LogP contribution in [0, 0.1) is 6.92 Å². The summed E-state index contributed by atoms with van der Waals surface area (Å²) >= 11 is 0. The van der Waals surface area contributed by atoms with Crippen LogP contribution in [-0.2, 0) is 13.0 Å². The van der Waals surface area contributed by atoms with E-state index in [0.29, 0.717) is 18.9 Å². The number of amides is 1. The summed E-state index contributed by atoms with van der Waals surface area (Å²) in [7, 11) is 0. The summed E-state index contributed by atoms with van der Waals surface area (Å²) in [6.07, 6.45) is 4.25. The molecule has 7 heteroatoms. The van der Waals surface area contributed by atoms with Crippen molar-refractivity contribution in [3.8, 4) is 0 Å². The zero-order chi connectivity index (χ0) is 16.7. The van der Waals surface area contributed by atoms with Gasteiger partial charge in [-0.25, -0.2) is 0 Å². The van der Waals surface area contributed by atoms with Crippen molar-refractivity contribution in [1.29, 1.82) is 0 Å². The molecule has 1 fully saturated rings. The van der Waals surface area contributed by atoms with Gasteiger partial charge in [0, 0.05) is 32.1 Å². The highest BCUT2D eigenvalue weighted by atomic mass is 16.3. The van der Waals surface area contributed by atoms with Crippen LogP contribution in [0.2, 0.25) is 0 Å². The molecule has 128 valence electrons. The number of carbonyl (C=O) groups is 1. The molecule has 2 aliphatic heterocycles. The third kappa shape index (κ3) is 2.62. The molecule has 0 bridgehead atoms. The summed E-state index contributed by atoms with van der Waals surface area (Å²) in [6, 6.07) is 3.77. The molecule has 0 aliphatic carbocycles. The van der Waals surface area contributed by atoms with Crippen LogP contribution in [0.5, 0.6) is 0 Å². The van der Waals surface area contributed by atoms with Gasteiger partial charge in [-0.05, 0) is 31.9 Å². The highest BCUT2D eigenvalue weighted by Gasteiger charge is 2.37. The number of furan rings is 1. The van der Waals surface area contributed by atoms with Gasteiger partial charge in [0.25, 0.3) is 5.91 Å². The van der Waals surface area contributed by atoms with E-state index in [1.54, 1.807) is 4.90 Å². The molecule has 2 N–H and O–H groups in total. The second-order valence-electron chi connectivity index (χ2n) is 6.83. The van der Waals surface area contributed by atoms with Crippen molar-refractivity contribution in [3.05, 3.63) is 35.3 Å². The lowest BCUT2D eigenvalue weighted by atomic mass is 10.0. The number of nitrogens with zero attached hydrogens (tertiary/aromatic N) is 4. The largest absolute Gasteiger partial charge is 0.466 e. The number of hydrogen-bond acceptors (Lipinski definition) is 5. The number of nitrogens with two attached hydrogens (primary N) is 1. The Morgan fingerprint density at radius 1 is 1.25 bits per heavy atom. The Morgan fingerprint density at radius 3 is 2.92 bits per heavy atom. The van der Waals surface area contributed by atoms with Crippen molar-refractivity contribution in [2.24, 2.45) is 5.73 Å². The van der Waals surface area contributed by atoms with Crippen LogP contribution in [0.3, 0.4) is 0 Å². The van der Waals surface area contributed by atoms with Gasteiger partial charge in [0.1, 0.15) is 17.3 Å². The third-order valence-electron chi connectivity index (χ3n) is 5.08. The Kier molecular flexibility index (Phi) is 3.88. The molecule has 1 amide bonds. The molecule has 1 saturated heterocycles. The first kappa shape index (κ1) is 15.4. The minimum Gasteiger partial charge on any atom is -0.466 e. The van der Waals surface area contributed by atoms with Gasteiger partial charge in [0.15, 0.2) is 0 Å². The van der Waals surface area contributed by atoms with Crippen LogP contribution in [-0.4, -0.2) is 44.7 Å². The smallest absolute Gasteiger partial charge is 0.291 e. The van der Waals surface area contributed by atoms with Crippen molar-refractivity contribution in [2.45, 2.75) is 51.1 Å². The molecule has 7 nitrogen and oxygen atoms in total. The molecule has 0 unspecified atom stereocenters. The summed E-state index contributed by atoms with van der Waals surface area (Å²) in [4.78, 5) is 14.7. The number of rotatable bonds is 2. The quantitative estimate of drug-likeness (QED) is 0.901. The molecule has 0 aromatic carbocycles. The highest BCUT2D eigenvalue weighted by Crippen LogP contribution is 2.29. The maximum atomic E-state index is 12.9. The van der Waals surface area contributed by atoms with E-state index in [9.17, 15) is 4.79 Å². The van der Waals surface area contributed by atoms with Crippen molar-refractivity contribution >= 4 is 5.91 Å². The molecule has 2 aromatic heterocycles. The summed E-state index contributed by atoms with van der Waals surface area (Å²) < 4.78 is 7.70. The van der Waals surface area contributed by atoms with Gasteiger partial charge in [0.2, 0.25) is 5.82 Å². The molecular formula is C17H23N5O2. The normalized spacial score (nSPS) is 24.0. The molecular weight excluding hydrogens is 306 g/mol. The number of aryl methyl sites for hydroxylation is 2. The Morgan fingerprint density at radius 2 is 2.12 bits per heavy atom. The predicted octanol–water partition coefficient (Wildman–Crippen LogP) is 1.47. The number of hydrogen-bond donors (Lipinski definition) is 1. The second-order valence-corrected chi connectivity index (χ2v) is 6.83. The first-order valence-corrected chi connectivity index (χ1v) is 8.67. The third-order valence-corrected chi connectivity index (χ3v) is 5.08. The monoisotopic (exact) mass is 329 g/mol. The van der Waals surface area contributed by atoms with Gasteiger partial charge >= 0.3 is 0 Å². The minimum absolute atomic E-state index is 0.0363. The van der Waals surface area contributed by atoms with Gasteiger partial charge < -0.3 is 19.6 Å². The lowest BCUT2D eigenvalue weighted by molar-refractivity contribution is 0.0770. The van der Waals surface area contributed by atoms with Crippen molar-refractivity contribution in [1.82, 2.24) is 19.7 Å². The zero-order valence-electron chi connectivity index (χ0n) is 13.9. The SMILES string of the molecule is Cc1ccc([C@@H]2CN(C(=O)c3nnc4n3CCCCC4)C[C@H]2N)o1. The Bertz CT molecular complexity index is 750. The topological polar surface area (TPSA) is 90.2 Å². The van der Waals surface area contributed by atoms with E-state index >= 15 is 0 Å². The molecule has 0 saturated carbocycles. The fourth-order valence-electron chi connectivity index (χ4n) is 3.73. The minimum atomic E-state index is -0.119. The summed E-state index contributed by atoms with van der Waals surface area (Å²) in [5.74, 6) is 3.07. The van der Waals surface area contributed by atoms with E-state index in [4.69, 9.17) is 10.2 Å². The average molecular weight is 329 g/mol. The summed E-state index contributed by atoms with van der Waals surface area (Å²) in [5.41, 5.74) is 6.27. The zero-order valence-corrected chi connectivity index (χ0v) is 13.9. The molecule has 2 atom stereocenters. The van der Waals surface area contributed by atoms with Crippen LogP contribution in [0.15, 0.2) is 16.5 Å². The lowest BCUT2D eigenvalue weighted by Crippen LogP contribution is -2.34. The van der Waals surface area contributed by atoms with Crippen LogP contribution in [0.25, 0.3) is 0 Å². The van der Waals surface area contributed by atoms with Crippen LogP contribution in [0.4, 0.5) is 0 Å². The van der Waals surface area contributed by atoms with E-state index in [-0.39, 0.29) is 17.9 Å². The Hall–Kier alpha value is -2.15. The van der Waals surface area contributed by atoms with Crippen molar-refractivity contribution in [2.75, 3.05) is 13.1 Å². The summed E-state index contributed by atoms with van der Waals surface area (Å²) in [6.45, 7) is 3.82. The highest BCUT2D eigenvalue weighted by molar-refractivity contribution is 5.91. The molecule has 4 heterocycles. The lowest BCUT2D eigenvalue weighted by Gasteiger charge is -2.16. The van der Waals surface area contributed by atoms with E-state index in [2.05, 4.69) is 10.2 Å². The molecule has 0 radical (unpaired) electrons. The molecule has 0 spiro atoms.